The summed E-state index contributed by atoms with van der Waals surface area (Å²) in [5, 5.41) is 2.98. The smallest absolute Gasteiger partial charge is 0.264 e. The molecule has 0 aromatic heterocycles. The quantitative estimate of drug-likeness (QED) is 0.208. The van der Waals surface area contributed by atoms with Gasteiger partial charge in [0.2, 0.25) is 11.8 Å². The van der Waals surface area contributed by atoms with Crippen LogP contribution in [0.4, 0.5) is 10.1 Å². The number of hydrogen-bond acceptors (Lipinski definition) is 4. The number of nitrogens with one attached hydrogen (secondary N) is 1. The van der Waals surface area contributed by atoms with E-state index in [2.05, 4.69) is 5.32 Å². The predicted octanol–water partition coefficient (Wildman–Crippen LogP) is 5.74. The van der Waals surface area contributed by atoms with Crippen LogP contribution < -0.4 is 9.62 Å². The molecule has 4 rings (SSSR count). The molecule has 0 fully saturated rings. The Hall–Kier alpha value is -4.50. The van der Waals surface area contributed by atoms with Gasteiger partial charge in [-0.2, -0.15) is 0 Å². The molecule has 0 radical (unpaired) electrons. The van der Waals surface area contributed by atoms with Crippen molar-refractivity contribution in [2.45, 2.75) is 44.7 Å². The van der Waals surface area contributed by atoms with Crippen molar-refractivity contribution in [3.05, 3.63) is 132 Å². The van der Waals surface area contributed by atoms with E-state index in [0.717, 1.165) is 33.1 Å². The normalized spacial score (nSPS) is 12.0. The number of hydrogen-bond donors (Lipinski definition) is 1. The van der Waals surface area contributed by atoms with Crippen molar-refractivity contribution in [1.82, 2.24) is 10.2 Å². The van der Waals surface area contributed by atoms with Crippen LogP contribution in [0.15, 0.2) is 114 Å². The summed E-state index contributed by atoms with van der Waals surface area (Å²) in [6, 6.07) is 28.9. The lowest BCUT2D eigenvalue weighted by Crippen LogP contribution is -2.53. The molecule has 4 aromatic carbocycles. The topological polar surface area (TPSA) is 86.8 Å². The molecule has 44 heavy (non-hydrogen) atoms. The highest BCUT2D eigenvalue weighted by atomic mass is 32.2. The largest absolute Gasteiger partial charge is 0.354 e. The minimum absolute atomic E-state index is 0.0882. The van der Waals surface area contributed by atoms with Crippen molar-refractivity contribution in [2.75, 3.05) is 17.4 Å². The number of carbonyl (C=O) groups is 2. The Morgan fingerprint density at radius 1 is 0.795 bits per heavy atom. The zero-order chi connectivity index (χ0) is 31.7. The molecule has 1 atom stereocenters. The maximum absolute atomic E-state index is 14.4. The first kappa shape index (κ1) is 32.4. The second kappa shape index (κ2) is 14.8. The number of nitrogens with zero attached hydrogens (tertiary/aromatic N) is 2. The standard InChI is InChI=1S/C35H38FN3O4S/c1-26(2)23-37-35(41)33(22-28-10-6-4-7-11-28)38(24-29-16-14-27(3)15-17-29)34(40)25-39(31-12-8-5-9-13-31)44(42,43)32-20-18-30(36)19-21-32/h4-21,26,33H,22-25H2,1-3H3,(H,37,41)/t33-/m0/s1. The molecule has 230 valence electrons. The average molecular weight is 616 g/mol. The second-order valence-corrected chi connectivity index (χ2v) is 13.0. The third-order valence-corrected chi connectivity index (χ3v) is 8.94. The van der Waals surface area contributed by atoms with Gasteiger partial charge in [0.1, 0.15) is 18.4 Å². The highest BCUT2D eigenvalue weighted by Crippen LogP contribution is 2.25. The van der Waals surface area contributed by atoms with Gasteiger partial charge in [-0.1, -0.05) is 92.2 Å². The highest BCUT2D eigenvalue weighted by molar-refractivity contribution is 7.92. The zero-order valence-corrected chi connectivity index (χ0v) is 26.0. The Morgan fingerprint density at radius 3 is 1.98 bits per heavy atom. The van der Waals surface area contributed by atoms with E-state index < -0.39 is 34.3 Å². The number of halogens is 1. The van der Waals surface area contributed by atoms with Crippen LogP contribution in [0.2, 0.25) is 0 Å². The summed E-state index contributed by atoms with van der Waals surface area (Å²) in [7, 11) is -4.29. The third kappa shape index (κ3) is 8.54. The van der Waals surface area contributed by atoms with Crippen LogP contribution in [0.1, 0.15) is 30.5 Å². The number of rotatable bonds is 13. The van der Waals surface area contributed by atoms with E-state index in [1.165, 1.54) is 17.0 Å². The molecule has 0 spiro atoms. The molecule has 7 nitrogen and oxygen atoms in total. The van der Waals surface area contributed by atoms with Gasteiger partial charge in [-0.15, -0.1) is 0 Å². The number of sulfonamides is 1. The lowest BCUT2D eigenvalue weighted by atomic mass is 10.0. The Balaban J connectivity index is 1.77. The monoisotopic (exact) mass is 615 g/mol. The first-order chi connectivity index (χ1) is 21.0. The minimum Gasteiger partial charge on any atom is -0.354 e. The minimum atomic E-state index is -4.29. The fourth-order valence-corrected chi connectivity index (χ4v) is 6.14. The van der Waals surface area contributed by atoms with Crippen LogP contribution in [0.3, 0.4) is 0 Å². The molecule has 0 bridgehead atoms. The Labute approximate surface area is 259 Å². The van der Waals surface area contributed by atoms with E-state index in [1.54, 1.807) is 30.3 Å². The predicted molar refractivity (Wildman–Crippen MR) is 171 cm³/mol. The molecule has 9 heteroatoms. The first-order valence-corrected chi connectivity index (χ1v) is 16.0. The summed E-state index contributed by atoms with van der Waals surface area (Å²) in [5.74, 6) is -1.27. The third-order valence-electron chi connectivity index (χ3n) is 7.15. The average Bonchev–Trinajstić information content (AvgIpc) is 3.02. The molecule has 0 saturated carbocycles. The molecule has 2 amide bonds. The van der Waals surface area contributed by atoms with Crippen molar-refractivity contribution < 1.29 is 22.4 Å². The lowest BCUT2D eigenvalue weighted by Gasteiger charge is -2.34. The number of benzene rings is 4. The SMILES string of the molecule is Cc1ccc(CN(C(=O)CN(c2ccccc2)S(=O)(=O)c2ccc(F)cc2)[C@@H](Cc2ccccc2)C(=O)NCC(C)C)cc1. The molecular weight excluding hydrogens is 577 g/mol. The summed E-state index contributed by atoms with van der Waals surface area (Å²) in [4.78, 5) is 29.5. The van der Waals surface area contributed by atoms with Gasteiger partial charge in [0.05, 0.1) is 10.6 Å². The van der Waals surface area contributed by atoms with Gasteiger partial charge < -0.3 is 10.2 Å². The van der Waals surface area contributed by atoms with Crippen LogP contribution in [0.5, 0.6) is 0 Å². The number of anilines is 1. The number of para-hydroxylation sites is 1. The van der Waals surface area contributed by atoms with Crippen molar-refractivity contribution in [3.63, 3.8) is 0 Å². The molecule has 0 saturated heterocycles. The molecule has 0 unspecified atom stereocenters. The molecule has 0 heterocycles. The van der Waals surface area contributed by atoms with Gasteiger partial charge in [0, 0.05) is 19.5 Å². The van der Waals surface area contributed by atoms with Gasteiger partial charge in [0.15, 0.2) is 0 Å². The number of carbonyl (C=O) groups excluding carboxylic acids is 2. The fourth-order valence-electron chi connectivity index (χ4n) is 4.72. The fraction of sp³-hybridized carbons (Fsp3) is 0.257. The molecule has 4 aromatic rings. The zero-order valence-electron chi connectivity index (χ0n) is 25.2. The van der Waals surface area contributed by atoms with E-state index in [1.807, 2.05) is 75.4 Å². The molecular formula is C35H38FN3O4S. The van der Waals surface area contributed by atoms with Gasteiger partial charge in [0.25, 0.3) is 10.0 Å². The van der Waals surface area contributed by atoms with Crippen LogP contribution in [-0.4, -0.2) is 44.3 Å². The maximum atomic E-state index is 14.4. The first-order valence-electron chi connectivity index (χ1n) is 14.5. The number of aryl methyl sites for hydroxylation is 1. The van der Waals surface area contributed by atoms with Crippen LogP contribution >= 0.6 is 0 Å². The van der Waals surface area contributed by atoms with Crippen LogP contribution in [0.25, 0.3) is 0 Å². The summed E-state index contributed by atoms with van der Waals surface area (Å²) < 4.78 is 42.6. The summed E-state index contributed by atoms with van der Waals surface area (Å²) in [5.41, 5.74) is 2.97. The van der Waals surface area contributed by atoms with Crippen LogP contribution in [-0.2, 0) is 32.6 Å². The van der Waals surface area contributed by atoms with E-state index in [9.17, 15) is 22.4 Å². The van der Waals surface area contributed by atoms with Crippen molar-refractivity contribution in [1.29, 1.82) is 0 Å². The summed E-state index contributed by atoms with van der Waals surface area (Å²) in [6.45, 7) is 5.87. The molecule has 0 aliphatic carbocycles. The molecule has 0 aliphatic heterocycles. The van der Waals surface area contributed by atoms with Gasteiger partial charge in [-0.05, 0) is 60.4 Å². The molecule has 1 N–H and O–H groups in total. The van der Waals surface area contributed by atoms with Gasteiger partial charge >= 0.3 is 0 Å². The summed E-state index contributed by atoms with van der Waals surface area (Å²) in [6.07, 6.45) is 0.235. The second-order valence-electron chi connectivity index (χ2n) is 11.2. The van der Waals surface area contributed by atoms with E-state index in [4.69, 9.17) is 0 Å². The highest BCUT2D eigenvalue weighted by Gasteiger charge is 2.34. The number of amides is 2. The van der Waals surface area contributed by atoms with E-state index >= 15 is 0 Å². The Morgan fingerprint density at radius 2 is 1.39 bits per heavy atom. The lowest BCUT2D eigenvalue weighted by molar-refractivity contribution is -0.140. The van der Waals surface area contributed by atoms with E-state index in [0.29, 0.717) is 6.54 Å². The van der Waals surface area contributed by atoms with Crippen molar-refractivity contribution in [2.24, 2.45) is 5.92 Å². The van der Waals surface area contributed by atoms with Gasteiger partial charge in [-0.3, -0.25) is 13.9 Å². The molecule has 0 aliphatic rings. The maximum Gasteiger partial charge on any atom is 0.264 e. The van der Waals surface area contributed by atoms with Crippen molar-refractivity contribution >= 4 is 27.5 Å². The summed E-state index contributed by atoms with van der Waals surface area (Å²) >= 11 is 0. The van der Waals surface area contributed by atoms with Gasteiger partial charge in [-0.25, -0.2) is 12.8 Å². The van der Waals surface area contributed by atoms with Crippen molar-refractivity contribution in [3.8, 4) is 0 Å². The van der Waals surface area contributed by atoms with E-state index in [-0.39, 0.29) is 35.4 Å². The van der Waals surface area contributed by atoms with Crippen LogP contribution in [0, 0.1) is 18.7 Å². The Bertz CT molecular complexity index is 1630. The Kier molecular flexibility index (Phi) is 10.9.